The highest BCUT2D eigenvalue weighted by molar-refractivity contribution is 9.10. The molecule has 8 heteroatoms. The van der Waals surface area contributed by atoms with Gasteiger partial charge in [0.05, 0.1) is 17.6 Å². The van der Waals surface area contributed by atoms with E-state index in [0.717, 1.165) is 6.07 Å². The monoisotopic (exact) mass is 321 g/mol. The molecule has 0 radical (unpaired) electrons. The number of alkyl halides is 1. The van der Waals surface area contributed by atoms with E-state index in [1.807, 2.05) is 0 Å². The molecule has 0 bridgehead atoms. The molecule has 98 valence electrons. The molecular weight excluding hydrogens is 313 g/mol. The van der Waals surface area contributed by atoms with Gasteiger partial charge in [0.15, 0.2) is 0 Å². The Kier molecular flexibility index (Phi) is 5.02. The quantitative estimate of drug-likeness (QED) is 0.473. The summed E-state index contributed by atoms with van der Waals surface area (Å²) in [6.07, 6.45) is -2.32. The Morgan fingerprint density at radius 2 is 2.22 bits per heavy atom. The number of hydrogen-bond donors (Lipinski definition) is 0. The van der Waals surface area contributed by atoms with Crippen LogP contribution in [0.4, 0.5) is 10.1 Å². The first-order valence-corrected chi connectivity index (χ1v) is 5.65. The first kappa shape index (κ1) is 14.4. The minimum Gasteiger partial charge on any atom is -0.461 e. The lowest BCUT2D eigenvalue weighted by Crippen LogP contribution is -2.24. The van der Waals surface area contributed by atoms with Crippen molar-refractivity contribution in [3.63, 3.8) is 0 Å². The van der Waals surface area contributed by atoms with Crippen LogP contribution < -0.4 is 4.74 Å². The Morgan fingerprint density at radius 1 is 1.56 bits per heavy atom. The second-order valence-corrected chi connectivity index (χ2v) is 4.00. The number of nitrogens with zero attached hydrogens (tertiary/aromatic N) is 1. The maximum absolute atomic E-state index is 13.3. The van der Waals surface area contributed by atoms with Crippen LogP contribution in [-0.4, -0.2) is 23.9 Å². The van der Waals surface area contributed by atoms with Crippen LogP contribution in [0.15, 0.2) is 22.7 Å². The normalized spacial score (nSPS) is 11.7. The Hall–Kier alpha value is -1.70. The van der Waals surface area contributed by atoms with Crippen molar-refractivity contribution in [1.29, 1.82) is 0 Å². The number of carbonyl (C=O) groups excluding carboxylic acids is 1. The molecule has 0 heterocycles. The molecule has 0 spiro atoms. The molecule has 0 amide bonds. The summed E-state index contributed by atoms with van der Waals surface area (Å²) in [5, 5.41) is 10.6. The van der Waals surface area contributed by atoms with Gasteiger partial charge in [-0.2, -0.15) is 4.39 Å². The number of non-ortho nitro benzene ring substituents is 1. The molecular formula is C10H9BrFNO5. The summed E-state index contributed by atoms with van der Waals surface area (Å²) in [5.41, 5.74) is -0.282. The number of carbonyl (C=O) groups is 1. The van der Waals surface area contributed by atoms with Crippen molar-refractivity contribution in [3.05, 3.63) is 32.8 Å². The zero-order valence-corrected chi connectivity index (χ0v) is 10.8. The van der Waals surface area contributed by atoms with Crippen molar-refractivity contribution >= 4 is 27.6 Å². The molecule has 1 aromatic carbocycles. The minimum atomic E-state index is -2.32. The van der Waals surface area contributed by atoms with E-state index < -0.39 is 17.3 Å². The summed E-state index contributed by atoms with van der Waals surface area (Å²) in [5.74, 6) is -1.32. The highest BCUT2D eigenvalue weighted by Crippen LogP contribution is 2.27. The number of nitro groups is 1. The molecule has 1 atom stereocenters. The largest absolute Gasteiger partial charge is 0.461 e. The van der Waals surface area contributed by atoms with E-state index in [2.05, 4.69) is 25.4 Å². The molecule has 6 nitrogen and oxygen atoms in total. The Bertz CT molecular complexity index is 468. The van der Waals surface area contributed by atoms with E-state index in [4.69, 9.17) is 0 Å². The SMILES string of the molecule is CCOC(=O)C(F)Oc1cc(Br)cc([N+](=O)[O-])c1. The topological polar surface area (TPSA) is 78.7 Å². The van der Waals surface area contributed by atoms with Crippen LogP contribution in [0, 0.1) is 10.1 Å². The van der Waals surface area contributed by atoms with Gasteiger partial charge in [-0.3, -0.25) is 10.1 Å². The van der Waals surface area contributed by atoms with E-state index >= 15 is 0 Å². The van der Waals surface area contributed by atoms with Gasteiger partial charge in [0.1, 0.15) is 5.75 Å². The van der Waals surface area contributed by atoms with Gasteiger partial charge >= 0.3 is 12.3 Å². The first-order chi connectivity index (χ1) is 8.43. The summed E-state index contributed by atoms with van der Waals surface area (Å²) in [6.45, 7) is 1.54. The molecule has 1 rings (SSSR count). The van der Waals surface area contributed by atoms with Crippen LogP contribution in [0.2, 0.25) is 0 Å². The van der Waals surface area contributed by atoms with Crippen LogP contribution >= 0.6 is 15.9 Å². The van der Waals surface area contributed by atoms with Gasteiger partial charge < -0.3 is 9.47 Å². The van der Waals surface area contributed by atoms with E-state index in [-0.39, 0.29) is 18.0 Å². The molecule has 0 aliphatic rings. The molecule has 0 N–H and O–H groups in total. The maximum Gasteiger partial charge on any atom is 0.381 e. The van der Waals surface area contributed by atoms with Gasteiger partial charge in [0.25, 0.3) is 5.69 Å². The fourth-order valence-corrected chi connectivity index (χ4v) is 1.56. The molecule has 0 aliphatic heterocycles. The number of rotatable bonds is 5. The predicted octanol–water partition coefficient (Wildman–Crippen LogP) is 2.59. The van der Waals surface area contributed by atoms with Gasteiger partial charge in [-0.1, -0.05) is 15.9 Å². The summed E-state index contributed by atoms with van der Waals surface area (Å²) in [6, 6.07) is 3.54. The zero-order chi connectivity index (χ0) is 13.7. The lowest BCUT2D eigenvalue weighted by molar-refractivity contribution is -0.385. The predicted molar refractivity (Wildman–Crippen MR) is 63.0 cm³/mol. The van der Waals surface area contributed by atoms with E-state index in [1.54, 1.807) is 0 Å². The number of benzene rings is 1. The van der Waals surface area contributed by atoms with Gasteiger partial charge in [-0.05, 0) is 13.0 Å². The molecule has 1 unspecified atom stereocenters. The van der Waals surface area contributed by atoms with Crippen molar-refractivity contribution in [1.82, 2.24) is 0 Å². The zero-order valence-electron chi connectivity index (χ0n) is 9.26. The van der Waals surface area contributed by atoms with Crippen molar-refractivity contribution in [2.45, 2.75) is 13.3 Å². The van der Waals surface area contributed by atoms with Crippen molar-refractivity contribution in [3.8, 4) is 5.75 Å². The first-order valence-electron chi connectivity index (χ1n) is 4.86. The number of ether oxygens (including phenoxy) is 2. The third kappa shape index (κ3) is 3.95. The fraction of sp³-hybridized carbons (Fsp3) is 0.300. The number of hydrogen-bond acceptors (Lipinski definition) is 5. The van der Waals surface area contributed by atoms with Crippen LogP contribution in [0.1, 0.15) is 6.92 Å². The van der Waals surface area contributed by atoms with Gasteiger partial charge in [0, 0.05) is 10.5 Å². The standard InChI is InChI=1S/C10H9BrFNO5/c1-2-17-10(14)9(12)18-8-4-6(11)3-7(5-8)13(15)16/h3-5,9H,2H2,1H3. The third-order valence-electron chi connectivity index (χ3n) is 1.78. The van der Waals surface area contributed by atoms with Crippen LogP contribution in [0.25, 0.3) is 0 Å². The number of esters is 1. The lowest BCUT2D eigenvalue weighted by atomic mass is 10.3. The average molecular weight is 322 g/mol. The number of halogens is 2. The molecule has 18 heavy (non-hydrogen) atoms. The highest BCUT2D eigenvalue weighted by Gasteiger charge is 2.21. The summed E-state index contributed by atoms with van der Waals surface area (Å²) in [7, 11) is 0. The molecule has 0 aromatic heterocycles. The lowest BCUT2D eigenvalue weighted by Gasteiger charge is -2.10. The van der Waals surface area contributed by atoms with Crippen molar-refractivity contribution in [2.24, 2.45) is 0 Å². The van der Waals surface area contributed by atoms with Crippen molar-refractivity contribution in [2.75, 3.05) is 6.61 Å². The fourth-order valence-electron chi connectivity index (χ4n) is 1.10. The van der Waals surface area contributed by atoms with Crippen LogP contribution in [-0.2, 0) is 9.53 Å². The summed E-state index contributed by atoms with van der Waals surface area (Å²) in [4.78, 5) is 20.9. The van der Waals surface area contributed by atoms with E-state index in [1.165, 1.54) is 19.1 Å². The maximum atomic E-state index is 13.3. The Morgan fingerprint density at radius 3 is 2.78 bits per heavy atom. The smallest absolute Gasteiger partial charge is 0.381 e. The second-order valence-electron chi connectivity index (χ2n) is 3.09. The van der Waals surface area contributed by atoms with Gasteiger partial charge in [-0.25, -0.2) is 4.79 Å². The number of nitro benzene ring substituents is 1. The summed E-state index contributed by atoms with van der Waals surface area (Å²) < 4.78 is 22.6. The van der Waals surface area contributed by atoms with Gasteiger partial charge in [0.2, 0.25) is 0 Å². The molecule has 0 saturated heterocycles. The molecule has 1 aromatic rings. The molecule has 0 aliphatic carbocycles. The average Bonchev–Trinajstić information content (AvgIpc) is 2.28. The summed E-state index contributed by atoms with van der Waals surface area (Å²) >= 11 is 3.02. The van der Waals surface area contributed by atoms with Crippen LogP contribution in [0.3, 0.4) is 0 Å². The molecule has 0 fully saturated rings. The Balaban J connectivity index is 2.84. The second kappa shape index (κ2) is 6.29. The van der Waals surface area contributed by atoms with E-state index in [9.17, 15) is 19.3 Å². The van der Waals surface area contributed by atoms with Crippen molar-refractivity contribution < 1.29 is 23.6 Å². The third-order valence-corrected chi connectivity index (χ3v) is 2.24. The highest BCUT2D eigenvalue weighted by atomic mass is 79.9. The van der Waals surface area contributed by atoms with Gasteiger partial charge in [-0.15, -0.1) is 0 Å². The Labute approximate surface area is 110 Å². The minimum absolute atomic E-state index is 0.0151. The van der Waals surface area contributed by atoms with E-state index in [0.29, 0.717) is 4.47 Å². The van der Waals surface area contributed by atoms with Crippen LogP contribution in [0.5, 0.6) is 5.75 Å². The molecule has 0 saturated carbocycles.